The smallest absolute Gasteiger partial charge is 0.252 e. The zero-order chi connectivity index (χ0) is 19.0. The first kappa shape index (κ1) is 18.2. The van der Waals surface area contributed by atoms with Crippen LogP contribution in [0.15, 0.2) is 18.3 Å². The number of carbonyl (C=O) groups is 2. The molecule has 0 aromatic carbocycles. The molecule has 0 spiro atoms. The van der Waals surface area contributed by atoms with Crippen LogP contribution in [0.2, 0.25) is 0 Å². The van der Waals surface area contributed by atoms with Crippen molar-refractivity contribution in [2.75, 3.05) is 31.1 Å². The molecule has 2 unspecified atom stereocenters. The number of piperazine rings is 1. The minimum atomic E-state index is -0.471. The number of rotatable bonds is 3. The number of pyridine rings is 1. The van der Waals surface area contributed by atoms with Crippen molar-refractivity contribution < 1.29 is 9.59 Å². The highest BCUT2D eigenvalue weighted by Crippen LogP contribution is 2.42. The number of aromatic nitrogens is 1. The third-order valence-corrected chi connectivity index (χ3v) is 6.71. The van der Waals surface area contributed by atoms with Gasteiger partial charge in [-0.05, 0) is 49.7 Å². The Morgan fingerprint density at radius 1 is 1.07 bits per heavy atom. The maximum Gasteiger partial charge on any atom is 0.252 e. The van der Waals surface area contributed by atoms with E-state index in [1.165, 1.54) is 19.3 Å². The molecule has 1 aliphatic heterocycles. The van der Waals surface area contributed by atoms with E-state index in [4.69, 9.17) is 11.5 Å². The zero-order valence-electron chi connectivity index (χ0n) is 15.7. The molecular formula is C20H29N5O2. The molecule has 4 rings (SSSR count). The lowest BCUT2D eigenvalue weighted by molar-refractivity contribution is -0.139. The number of fused-ring (bicyclic) bond motifs is 2. The molecule has 7 heteroatoms. The monoisotopic (exact) mass is 371 g/mol. The number of primary amides is 1. The summed E-state index contributed by atoms with van der Waals surface area (Å²) in [7, 11) is 0. The molecule has 2 aliphatic carbocycles. The molecule has 0 radical (unpaired) electrons. The molecule has 4 N–H and O–H groups in total. The van der Waals surface area contributed by atoms with E-state index in [2.05, 4.69) is 9.88 Å². The van der Waals surface area contributed by atoms with Gasteiger partial charge in [-0.2, -0.15) is 0 Å². The van der Waals surface area contributed by atoms with E-state index >= 15 is 0 Å². The molecule has 7 nitrogen and oxygen atoms in total. The number of hydrogen-bond acceptors (Lipinski definition) is 5. The van der Waals surface area contributed by atoms with Gasteiger partial charge in [-0.15, -0.1) is 0 Å². The Morgan fingerprint density at radius 2 is 1.74 bits per heavy atom. The van der Waals surface area contributed by atoms with Crippen LogP contribution >= 0.6 is 0 Å². The highest BCUT2D eigenvalue weighted by molar-refractivity contribution is 5.97. The Kier molecular flexibility index (Phi) is 5.04. The van der Waals surface area contributed by atoms with E-state index in [1.54, 1.807) is 18.3 Å². The Hall–Kier alpha value is -2.15. The molecule has 2 heterocycles. The van der Waals surface area contributed by atoms with Crippen LogP contribution in [0.1, 0.15) is 42.5 Å². The van der Waals surface area contributed by atoms with Crippen molar-refractivity contribution >= 4 is 17.6 Å². The fourth-order valence-corrected chi connectivity index (χ4v) is 5.23. The summed E-state index contributed by atoms with van der Waals surface area (Å²) in [5.41, 5.74) is 12.3. The van der Waals surface area contributed by atoms with Crippen molar-refractivity contribution in [1.29, 1.82) is 0 Å². The van der Waals surface area contributed by atoms with Gasteiger partial charge in [-0.1, -0.05) is 6.42 Å². The summed E-state index contributed by atoms with van der Waals surface area (Å²) in [5.74, 6) is 1.59. The van der Waals surface area contributed by atoms with Gasteiger partial charge < -0.3 is 21.3 Å². The molecule has 3 aliphatic rings. The van der Waals surface area contributed by atoms with Gasteiger partial charge in [0.25, 0.3) is 5.91 Å². The van der Waals surface area contributed by atoms with Crippen LogP contribution in [0.25, 0.3) is 0 Å². The van der Waals surface area contributed by atoms with Crippen molar-refractivity contribution in [2.45, 2.75) is 38.1 Å². The second-order valence-corrected chi connectivity index (χ2v) is 8.25. The predicted molar refractivity (Wildman–Crippen MR) is 103 cm³/mol. The number of nitrogens with zero attached hydrogens (tertiary/aromatic N) is 3. The summed E-state index contributed by atoms with van der Waals surface area (Å²) in [6.45, 7) is 2.65. The number of hydrogen-bond donors (Lipinski definition) is 2. The lowest BCUT2D eigenvalue weighted by Crippen LogP contribution is -2.54. The molecule has 1 saturated heterocycles. The minimum Gasteiger partial charge on any atom is -0.365 e. The topological polar surface area (TPSA) is 106 Å². The maximum atomic E-state index is 13.1. The average molecular weight is 371 g/mol. The van der Waals surface area contributed by atoms with E-state index in [9.17, 15) is 9.59 Å². The summed E-state index contributed by atoms with van der Waals surface area (Å²) in [6.07, 6.45) is 7.17. The number of carbonyl (C=O) groups excluding carboxylic acids is 2. The molecule has 146 valence electrons. The van der Waals surface area contributed by atoms with E-state index < -0.39 is 5.91 Å². The first-order valence-electron chi connectivity index (χ1n) is 10.1. The van der Waals surface area contributed by atoms with E-state index in [1.807, 2.05) is 4.90 Å². The number of anilines is 1. The van der Waals surface area contributed by atoms with Gasteiger partial charge in [0, 0.05) is 44.3 Å². The van der Waals surface area contributed by atoms with Gasteiger partial charge in [0.2, 0.25) is 5.91 Å². The van der Waals surface area contributed by atoms with Crippen LogP contribution in [-0.4, -0.2) is 53.9 Å². The standard InChI is InChI=1S/C20H29N5O2/c21-17-13-3-1-4-14(17)12-15(11-13)20(27)25-9-7-24(8-10-25)19-16(18(22)26)5-2-6-23-19/h2,5-6,13-15,17H,1,3-4,7-12,21H2,(H2,22,26). The average Bonchev–Trinajstić information content (AvgIpc) is 2.67. The van der Waals surface area contributed by atoms with Crippen molar-refractivity contribution in [2.24, 2.45) is 29.2 Å². The normalized spacial score (nSPS) is 30.9. The van der Waals surface area contributed by atoms with Crippen LogP contribution in [0, 0.1) is 17.8 Å². The molecule has 2 atom stereocenters. The summed E-state index contributed by atoms with van der Waals surface area (Å²) >= 11 is 0. The van der Waals surface area contributed by atoms with E-state index in [-0.39, 0.29) is 17.9 Å². The van der Waals surface area contributed by atoms with Crippen LogP contribution in [-0.2, 0) is 4.79 Å². The Bertz CT molecular complexity index is 702. The van der Waals surface area contributed by atoms with Crippen molar-refractivity contribution in [3.05, 3.63) is 23.9 Å². The summed E-state index contributed by atoms with van der Waals surface area (Å²) in [4.78, 5) is 33.1. The van der Waals surface area contributed by atoms with E-state index in [0.717, 1.165) is 12.8 Å². The Morgan fingerprint density at radius 3 is 2.37 bits per heavy atom. The Labute approximate surface area is 160 Å². The summed E-state index contributed by atoms with van der Waals surface area (Å²) in [5, 5.41) is 0. The van der Waals surface area contributed by atoms with Gasteiger partial charge in [0.05, 0.1) is 5.56 Å². The van der Waals surface area contributed by atoms with Crippen molar-refractivity contribution in [3.63, 3.8) is 0 Å². The Balaban J connectivity index is 1.38. The van der Waals surface area contributed by atoms with E-state index in [0.29, 0.717) is 49.4 Å². The molecule has 27 heavy (non-hydrogen) atoms. The third kappa shape index (κ3) is 3.52. The van der Waals surface area contributed by atoms with Gasteiger partial charge in [0.15, 0.2) is 0 Å². The lowest BCUT2D eigenvalue weighted by atomic mass is 9.65. The fourth-order valence-electron chi connectivity index (χ4n) is 5.23. The van der Waals surface area contributed by atoms with Gasteiger partial charge in [-0.3, -0.25) is 9.59 Å². The minimum absolute atomic E-state index is 0.127. The molecular weight excluding hydrogens is 342 g/mol. The maximum absolute atomic E-state index is 13.1. The molecule has 3 fully saturated rings. The molecule has 2 bridgehead atoms. The van der Waals surface area contributed by atoms with Crippen LogP contribution in [0.3, 0.4) is 0 Å². The van der Waals surface area contributed by atoms with Crippen molar-refractivity contribution in [1.82, 2.24) is 9.88 Å². The summed E-state index contributed by atoms with van der Waals surface area (Å²) < 4.78 is 0. The zero-order valence-corrected chi connectivity index (χ0v) is 15.7. The lowest BCUT2D eigenvalue weighted by Gasteiger charge is -2.45. The quantitative estimate of drug-likeness (QED) is 0.824. The van der Waals surface area contributed by atoms with Gasteiger partial charge in [0.1, 0.15) is 5.82 Å². The van der Waals surface area contributed by atoms with Crippen molar-refractivity contribution in [3.8, 4) is 0 Å². The van der Waals surface area contributed by atoms with Gasteiger partial charge in [-0.25, -0.2) is 4.98 Å². The first-order valence-corrected chi connectivity index (χ1v) is 10.1. The summed E-state index contributed by atoms with van der Waals surface area (Å²) in [6, 6.07) is 3.70. The molecule has 2 amide bonds. The third-order valence-electron chi connectivity index (χ3n) is 6.71. The van der Waals surface area contributed by atoms with Crippen LogP contribution < -0.4 is 16.4 Å². The SMILES string of the molecule is NC(=O)c1cccnc1N1CCN(C(=O)C2CC3CCCC(C2)C3N)CC1. The predicted octanol–water partition coefficient (Wildman–Crippen LogP) is 0.983. The highest BCUT2D eigenvalue weighted by atomic mass is 16.2. The largest absolute Gasteiger partial charge is 0.365 e. The first-order chi connectivity index (χ1) is 13.0. The highest BCUT2D eigenvalue weighted by Gasteiger charge is 2.42. The molecule has 2 saturated carbocycles. The number of nitrogens with two attached hydrogens (primary N) is 2. The fraction of sp³-hybridized carbons (Fsp3) is 0.650. The van der Waals surface area contributed by atoms with Crippen LogP contribution in [0.5, 0.6) is 0 Å². The van der Waals surface area contributed by atoms with Crippen LogP contribution in [0.4, 0.5) is 5.82 Å². The second kappa shape index (κ2) is 7.46. The molecule has 1 aromatic rings. The molecule has 1 aromatic heterocycles. The van der Waals surface area contributed by atoms with Gasteiger partial charge >= 0.3 is 0 Å². The second-order valence-electron chi connectivity index (χ2n) is 8.25. The number of amides is 2.